The first-order valence-corrected chi connectivity index (χ1v) is 6.56. The molecular formula is C13H21NO3. The molecule has 1 aliphatic heterocycles. The Bertz CT molecular complexity index is 295. The summed E-state index contributed by atoms with van der Waals surface area (Å²) in [5, 5.41) is 12.7. The Labute approximate surface area is 102 Å². The zero-order valence-corrected chi connectivity index (χ0v) is 10.2. The molecule has 0 aromatic heterocycles. The van der Waals surface area contributed by atoms with Gasteiger partial charge in [0.1, 0.15) is 0 Å². The molecule has 1 saturated carbocycles. The molecule has 4 nitrogen and oxygen atoms in total. The van der Waals surface area contributed by atoms with Crippen molar-refractivity contribution in [2.75, 3.05) is 13.2 Å². The molecule has 17 heavy (non-hydrogen) atoms. The number of rotatable bonds is 4. The zero-order valence-electron chi connectivity index (χ0n) is 10.2. The van der Waals surface area contributed by atoms with Gasteiger partial charge in [-0.2, -0.15) is 0 Å². The quantitative estimate of drug-likeness (QED) is 0.778. The smallest absolute Gasteiger partial charge is 0.286 e. The first kappa shape index (κ1) is 12.4. The van der Waals surface area contributed by atoms with E-state index in [0.717, 1.165) is 25.7 Å². The highest BCUT2D eigenvalue weighted by Gasteiger charge is 2.24. The fourth-order valence-electron chi connectivity index (χ4n) is 2.51. The molecule has 0 saturated heterocycles. The van der Waals surface area contributed by atoms with Crippen molar-refractivity contribution in [3.8, 4) is 0 Å². The lowest BCUT2D eigenvalue weighted by molar-refractivity contribution is -0.121. The molecule has 0 bridgehead atoms. The van der Waals surface area contributed by atoms with Crippen LogP contribution in [0.5, 0.6) is 0 Å². The molecule has 2 rings (SSSR count). The highest BCUT2D eigenvalue weighted by atomic mass is 16.5. The molecule has 2 aliphatic rings. The topological polar surface area (TPSA) is 58.6 Å². The van der Waals surface area contributed by atoms with E-state index in [1.54, 1.807) is 0 Å². The number of carbonyl (C=O) groups excluding carboxylic acids is 1. The van der Waals surface area contributed by atoms with E-state index in [4.69, 9.17) is 4.74 Å². The molecule has 2 N–H and O–H groups in total. The van der Waals surface area contributed by atoms with Crippen molar-refractivity contribution in [2.24, 2.45) is 5.92 Å². The summed E-state index contributed by atoms with van der Waals surface area (Å²) in [5.74, 6) is 0.577. The molecule has 0 radical (unpaired) electrons. The summed E-state index contributed by atoms with van der Waals surface area (Å²) in [6.45, 7) is 0.953. The van der Waals surface area contributed by atoms with Crippen LogP contribution in [0.1, 0.15) is 38.5 Å². The van der Waals surface area contributed by atoms with Gasteiger partial charge >= 0.3 is 0 Å². The van der Waals surface area contributed by atoms with Gasteiger partial charge in [0.25, 0.3) is 5.91 Å². The normalized spacial score (nSPS) is 22.8. The van der Waals surface area contributed by atoms with Crippen LogP contribution >= 0.6 is 0 Å². The minimum absolute atomic E-state index is 0.193. The lowest BCUT2D eigenvalue weighted by Crippen LogP contribution is -2.37. The van der Waals surface area contributed by atoms with Gasteiger partial charge in [-0.1, -0.05) is 12.8 Å². The summed E-state index contributed by atoms with van der Waals surface area (Å²) in [6.07, 6.45) is 7.84. The summed E-state index contributed by atoms with van der Waals surface area (Å²) in [5.41, 5.74) is 0. The average molecular weight is 239 g/mol. The standard InChI is InChI=1S/C13H21NO3/c15-11(10-5-1-2-6-10)9-14-13(16)12-7-3-4-8-17-12/h7,10-11,15H,1-6,8-9H2,(H,14,16). The van der Waals surface area contributed by atoms with E-state index in [1.165, 1.54) is 12.8 Å². The number of ether oxygens (including phenoxy) is 1. The van der Waals surface area contributed by atoms with Crippen molar-refractivity contribution in [3.63, 3.8) is 0 Å². The van der Waals surface area contributed by atoms with E-state index in [0.29, 0.717) is 24.8 Å². The Hall–Kier alpha value is -1.03. The van der Waals surface area contributed by atoms with E-state index in [2.05, 4.69) is 5.32 Å². The van der Waals surface area contributed by atoms with Crippen molar-refractivity contribution >= 4 is 5.91 Å². The summed E-state index contributed by atoms with van der Waals surface area (Å²) in [7, 11) is 0. The Kier molecular flexibility index (Phi) is 4.42. The maximum Gasteiger partial charge on any atom is 0.286 e. The van der Waals surface area contributed by atoms with Crippen LogP contribution in [0.2, 0.25) is 0 Å². The van der Waals surface area contributed by atoms with Crippen LogP contribution < -0.4 is 5.32 Å². The van der Waals surface area contributed by atoms with Gasteiger partial charge in [-0.15, -0.1) is 0 Å². The fraction of sp³-hybridized carbons (Fsp3) is 0.769. The second-order valence-electron chi connectivity index (χ2n) is 4.88. The maximum absolute atomic E-state index is 11.7. The van der Waals surface area contributed by atoms with E-state index < -0.39 is 6.10 Å². The molecule has 96 valence electrons. The maximum atomic E-state index is 11.7. The summed E-state index contributed by atoms with van der Waals surface area (Å²) >= 11 is 0. The molecule has 1 fully saturated rings. The largest absolute Gasteiger partial charge is 0.488 e. The van der Waals surface area contributed by atoms with E-state index in [-0.39, 0.29) is 5.91 Å². The van der Waals surface area contributed by atoms with Crippen molar-refractivity contribution in [1.82, 2.24) is 5.32 Å². The Morgan fingerprint density at radius 3 is 2.88 bits per heavy atom. The Morgan fingerprint density at radius 2 is 2.24 bits per heavy atom. The van der Waals surface area contributed by atoms with Crippen LogP contribution in [0, 0.1) is 5.92 Å². The third-order valence-corrected chi connectivity index (χ3v) is 3.58. The first-order valence-electron chi connectivity index (χ1n) is 6.56. The van der Waals surface area contributed by atoms with Gasteiger partial charge in [0.05, 0.1) is 12.7 Å². The molecule has 0 spiro atoms. The molecule has 1 atom stereocenters. The lowest BCUT2D eigenvalue weighted by atomic mass is 10.0. The number of hydrogen-bond donors (Lipinski definition) is 2. The van der Waals surface area contributed by atoms with Gasteiger partial charge in [0.15, 0.2) is 5.76 Å². The zero-order chi connectivity index (χ0) is 12.1. The van der Waals surface area contributed by atoms with E-state index in [1.807, 2.05) is 6.08 Å². The SMILES string of the molecule is O=C(NCC(O)C1CCCC1)C1=CCCCO1. The number of aliphatic hydroxyl groups is 1. The summed E-state index contributed by atoms with van der Waals surface area (Å²) in [4.78, 5) is 11.7. The Morgan fingerprint density at radius 1 is 1.47 bits per heavy atom. The number of allylic oxidation sites excluding steroid dienone is 1. The number of carbonyl (C=O) groups is 1. The van der Waals surface area contributed by atoms with E-state index in [9.17, 15) is 9.90 Å². The predicted molar refractivity (Wildman–Crippen MR) is 64.2 cm³/mol. The lowest BCUT2D eigenvalue weighted by Gasteiger charge is -2.19. The summed E-state index contributed by atoms with van der Waals surface area (Å²) in [6, 6.07) is 0. The highest BCUT2D eigenvalue weighted by Crippen LogP contribution is 2.27. The van der Waals surface area contributed by atoms with Crippen LogP contribution in [-0.2, 0) is 9.53 Å². The molecular weight excluding hydrogens is 218 g/mol. The number of amides is 1. The second-order valence-corrected chi connectivity index (χ2v) is 4.88. The van der Waals surface area contributed by atoms with Crippen LogP contribution in [0.4, 0.5) is 0 Å². The van der Waals surface area contributed by atoms with Gasteiger partial charge in [-0.05, 0) is 37.7 Å². The molecule has 1 heterocycles. The number of hydrogen-bond acceptors (Lipinski definition) is 3. The van der Waals surface area contributed by atoms with E-state index >= 15 is 0 Å². The van der Waals surface area contributed by atoms with Gasteiger partial charge < -0.3 is 15.2 Å². The van der Waals surface area contributed by atoms with Crippen LogP contribution in [0.25, 0.3) is 0 Å². The van der Waals surface area contributed by atoms with Crippen LogP contribution in [0.15, 0.2) is 11.8 Å². The minimum atomic E-state index is -0.411. The summed E-state index contributed by atoms with van der Waals surface area (Å²) < 4.78 is 5.26. The van der Waals surface area contributed by atoms with Crippen molar-refractivity contribution in [1.29, 1.82) is 0 Å². The van der Waals surface area contributed by atoms with Crippen molar-refractivity contribution in [3.05, 3.63) is 11.8 Å². The monoisotopic (exact) mass is 239 g/mol. The molecule has 1 unspecified atom stereocenters. The molecule has 1 aliphatic carbocycles. The van der Waals surface area contributed by atoms with Gasteiger partial charge in [0.2, 0.25) is 0 Å². The van der Waals surface area contributed by atoms with Crippen molar-refractivity contribution < 1.29 is 14.6 Å². The average Bonchev–Trinajstić information content (AvgIpc) is 2.90. The predicted octanol–water partition coefficient (Wildman–Crippen LogP) is 1.35. The second kappa shape index (κ2) is 6.05. The van der Waals surface area contributed by atoms with Crippen LogP contribution in [0.3, 0.4) is 0 Å². The fourth-order valence-corrected chi connectivity index (χ4v) is 2.51. The number of nitrogens with one attached hydrogen (secondary N) is 1. The van der Waals surface area contributed by atoms with Gasteiger partial charge in [-0.25, -0.2) is 0 Å². The van der Waals surface area contributed by atoms with Gasteiger partial charge in [-0.3, -0.25) is 4.79 Å². The third-order valence-electron chi connectivity index (χ3n) is 3.58. The molecule has 0 aromatic carbocycles. The molecule has 1 amide bonds. The minimum Gasteiger partial charge on any atom is -0.488 e. The first-order chi connectivity index (χ1) is 8.27. The number of aliphatic hydroxyl groups excluding tert-OH is 1. The van der Waals surface area contributed by atoms with Gasteiger partial charge in [0, 0.05) is 6.54 Å². The molecule has 4 heteroatoms. The third kappa shape index (κ3) is 3.46. The van der Waals surface area contributed by atoms with Crippen LogP contribution in [-0.4, -0.2) is 30.3 Å². The van der Waals surface area contributed by atoms with Crippen molar-refractivity contribution in [2.45, 2.75) is 44.6 Å². The Balaban J connectivity index is 1.73. The molecule has 0 aromatic rings. The highest BCUT2D eigenvalue weighted by molar-refractivity contribution is 5.91.